The molecule has 11 heteroatoms. The van der Waals surface area contributed by atoms with Gasteiger partial charge in [-0.15, -0.1) is 0 Å². The van der Waals surface area contributed by atoms with Crippen molar-refractivity contribution < 1.29 is 49.3 Å². The summed E-state index contributed by atoms with van der Waals surface area (Å²) in [6.45, 7) is 5.48. The van der Waals surface area contributed by atoms with Crippen LogP contribution in [0.15, 0.2) is 134 Å². The Morgan fingerprint density at radius 2 is 0.975 bits per heavy atom. The topological polar surface area (TPSA) is 175 Å². The van der Waals surface area contributed by atoms with E-state index in [1.54, 1.807) is 6.08 Å². The van der Waals surface area contributed by atoms with Gasteiger partial charge in [-0.2, -0.15) is 0 Å². The normalized spacial score (nSPS) is 19.8. The lowest BCUT2D eigenvalue weighted by atomic mass is 9.99. The Hall–Kier alpha value is -4.20. The number of allylic oxidation sites excluding steroid dienone is 21. The third kappa shape index (κ3) is 42.3. The number of unbranched alkanes of at least 4 members (excludes halogenated alkanes) is 20. The Morgan fingerprint density at radius 1 is 0.519 bits per heavy atom. The molecule has 0 aliphatic carbocycles. The van der Waals surface area contributed by atoms with Crippen molar-refractivity contribution >= 4 is 11.9 Å². The molecule has 1 rings (SSSR count). The summed E-state index contributed by atoms with van der Waals surface area (Å²) in [6.07, 6.45) is 66.3. The standard InChI is InChI=1S/C68H111NO10/c1-4-7-10-13-16-19-22-24-26-27-28-29-30-31-32-33-34-36-37-40-43-46-49-52-55-61(72)67(76)69-59(60(71)54-51-48-45-42-39-21-18-15-12-9-6-3)58-77-68-66(65(75)64(74)62(57-70)78-68)79-63(73)56-53-50-47-44-41-38-35-25-23-20-17-14-11-8-5-2/h7-8,10-11,14,16-17,19-20,23-26,28-29,31-32,35,38,41,51,54,59-62,64-66,68,70-72,74-75H,4-6,9,12-13,15,18,21-22,27,30,33-34,36-37,39-40,42-50,52-53,55-58H2,1-3H3,(H,69,76)/b10-7-,11-8+,17-14+,19-16-,23-20-,26-24-,29-28-,32-31-,35-25-,41-38+,54-51+. The van der Waals surface area contributed by atoms with Crippen molar-refractivity contribution in [1.82, 2.24) is 5.32 Å². The van der Waals surface area contributed by atoms with Gasteiger partial charge in [0.1, 0.15) is 24.4 Å². The maximum absolute atomic E-state index is 13.4. The summed E-state index contributed by atoms with van der Waals surface area (Å²) in [7, 11) is 0. The second-order valence-corrected chi connectivity index (χ2v) is 20.8. The van der Waals surface area contributed by atoms with Crippen molar-refractivity contribution in [2.75, 3.05) is 13.2 Å². The van der Waals surface area contributed by atoms with Crippen LogP contribution in [0.2, 0.25) is 0 Å². The average molecular weight is 1100 g/mol. The molecule has 1 saturated heterocycles. The van der Waals surface area contributed by atoms with E-state index in [-0.39, 0.29) is 19.4 Å². The highest BCUT2D eigenvalue weighted by Crippen LogP contribution is 2.26. The van der Waals surface area contributed by atoms with E-state index in [4.69, 9.17) is 14.2 Å². The number of aliphatic hydroxyl groups is 5. The molecule has 8 unspecified atom stereocenters. The number of rotatable bonds is 50. The summed E-state index contributed by atoms with van der Waals surface area (Å²) in [5, 5.41) is 56.9. The van der Waals surface area contributed by atoms with Crippen molar-refractivity contribution in [2.45, 2.75) is 269 Å². The zero-order valence-corrected chi connectivity index (χ0v) is 49.4. The Labute approximate surface area is 480 Å². The molecule has 6 N–H and O–H groups in total. The van der Waals surface area contributed by atoms with E-state index in [2.05, 4.69) is 99.0 Å². The Kier molecular flexibility index (Phi) is 50.1. The number of ether oxygens (including phenoxy) is 3. The smallest absolute Gasteiger partial charge is 0.306 e. The number of hydrogen-bond acceptors (Lipinski definition) is 10. The molecule has 0 radical (unpaired) electrons. The monoisotopic (exact) mass is 1100 g/mol. The van der Waals surface area contributed by atoms with Crippen LogP contribution < -0.4 is 5.32 Å². The quantitative estimate of drug-likeness (QED) is 0.0149. The van der Waals surface area contributed by atoms with Crippen molar-refractivity contribution in [3.05, 3.63) is 134 Å². The maximum atomic E-state index is 13.4. The van der Waals surface area contributed by atoms with Crippen molar-refractivity contribution in [3.8, 4) is 0 Å². The van der Waals surface area contributed by atoms with Crippen molar-refractivity contribution in [2.24, 2.45) is 0 Å². The molecule has 1 aliphatic heterocycles. The van der Waals surface area contributed by atoms with Crippen LogP contribution in [0.25, 0.3) is 0 Å². The van der Waals surface area contributed by atoms with E-state index in [0.29, 0.717) is 12.8 Å². The minimum atomic E-state index is -1.64. The van der Waals surface area contributed by atoms with Gasteiger partial charge in [-0.1, -0.05) is 257 Å². The van der Waals surface area contributed by atoms with Gasteiger partial charge in [0.25, 0.3) is 0 Å². The lowest BCUT2D eigenvalue weighted by molar-refractivity contribution is -0.305. The third-order valence-corrected chi connectivity index (χ3v) is 13.7. The van der Waals surface area contributed by atoms with Crippen LogP contribution in [0.1, 0.15) is 220 Å². The number of hydrogen-bond donors (Lipinski definition) is 6. The molecule has 8 atom stereocenters. The van der Waals surface area contributed by atoms with E-state index >= 15 is 0 Å². The number of carbonyl (C=O) groups is 2. The summed E-state index contributed by atoms with van der Waals surface area (Å²) < 4.78 is 17.5. The number of esters is 1. The van der Waals surface area contributed by atoms with Gasteiger partial charge in [0, 0.05) is 6.42 Å². The zero-order valence-electron chi connectivity index (χ0n) is 49.4. The van der Waals surface area contributed by atoms with Crippen LogP contribution in [-0.4, -0.2) is 99.6 Å². The van der Waals surface area contributed by atoms with Crippen molar-refractivity contribution in [3.63, 3.8) is 0 Å². The Bertz CT molecular complexity index is 1790. The van der Waals surface area contributed by atoms with E-state index in [1.165, 1.54) is 57.8 Å². The molecule has 0 aromatic rings. The molecule has 448 valence electrons. The fraction of sp³-hybridized carbons (Fsp3) is 0.647. The third-order valence-electron chi connectivity index (χ3n) is 13.7. The number of nitrogens with one attached hydrogen (secondary N) is 1. The Morgan fingerprint density at radius 3 is 1.52 bits per heavy atom. The van der Waals surface area contributed by atoms with Crippen LogP contribution in [0.4, 0.5) is 0 Å². The van der Waals surface area contributed by atoms with E-state index in [0.717, 1.165) is 116 Å². The summed E-state index contributed by atoms with van der Waals surface area (Å²) in [4.78, 5) is 26.5. The van der Waals surface area contributed by atoms with Crippen LogP contribution in [0.3, 0.4) is 0 Å². The highest BCUT2D eigenvalue weighted by Gasteiger charge is 2.47. The molecule has 79 heavy (non-hydrogen) atoms. The summed E-state index contributed by atoms with van der Waals surface area (Å²) in [5.74, 6) is -1.26. The molecule has 1 heterocycles. The first-order valence-electron chi connectivity index (χ1n) is 31.0. The summed E-state index contributed by atoms with van der Waals surface area (Å²) in [5.41, 5.74) is 0. The lowest BCUT2D eigenvalue weighted by Crippen LogP contribution is -2.61. The molecule has 0 aromatic heterocycles. The second-order valence-electron chi connectivity index (χ2n) is 20.8. The molecule has 0 bridgehead atoms. The van der Waals surface area contributed by atoms with Gasteiger partial charge in [0.05, 0.1) is 25.4 Å². The van der Waals surface area contributed by atoms with Crippen LogP contribution >= 0.6 is 0 Å². The molecule has 0 spiro atoms. The van der Waals surface area contributed by atoms with Crippen LogP contribution in [0, 0.1) is 0 Å². The first kappa shape index (κ1) is 72.8. The van der Waals surface area contributed by atoms with E-state index in [9.17, 15) is 35.1 Å². The predicted octanol–water partition coefficient (Wildman–Crippen LogP) is 14.8. The highest BCUT2D eigenvalue weighted by molar-refractivity contribution is 5.80. The minimum absolute atomic E-state index is 0.0663. The molecular formula is C68H111NO10. The first-order valence-corrected chi connectivity index (χ1v) is 31.0. The predicted molar refractivity (Wildman–Crippen MR) is 328 cm³/mol. The number of carbonyl (C=O) groups excluding carboxylic acids is 2. The summed E-state index contributed by atoms with van der Waals surface area (Å²) in [6, 6.07) is -1.05. The van der Waals surface area contributed by atoms with Gasteiger partial charge in [-0.3, -0.25) is 9.59 Å². The first-order chi connectivity index (χ1) is 38.7. The SMILES string of the molecule is CC/C=C\C/C=C\C/C=C\C/C=C\C/C=C\CCCCCCCCCCC(O)C(=O)NC(COC1OC(CO)C(O)C(O)C1OC(=O)CCCCC/C=C/C=C\C=C/C=C/C=C/CC)C(O)/C=C/CCCCCCCCCCC. The highest BCUT2D eigenvalue weighted by atomic mass is 16.7. The van der Waals surface area contributed by atoms with E-state index in [1.807, 2.05) is 54.7 Å². The van der Waals surface area contributed by atoms with E-state index < -0.39 is 67.4 Å². The lowest BCUT2D eigenvalue weighted by Gasteiger charge is -2.41. The molecule has 1 aliphatic rings. The zero-order chi connectivity index (χ0) is 57.5. The fourth-order valence-corrected chi connectivity index (χ4v) is 8.82. The molecule has 1 amide bonds. The van der Waals surface area contributed by atoms with Crippen LogP contribution in [-0.2, 0) is 23.8 Å². The largest absolute Gasteiger partial charge is 0.454 e. The molecule has 0 aromatic carbocycles. The number of amides is 1. The van der Waals surface area contributed by atoms with Crippen molar-refractivity contribution in [1.29, 1.82) is 0 Å². The van der Waals surface area contributed by atoms with Crippen LogP contribution in [0.5, 0.6) is 0 Å². The van der Waals surface area contributed by atoms with Gasteiger partial charge >= 0.3 is 5.97 Å². The molecule has 0 saturated carbocycles. The minimum Gasteiger partial charge on any atom is -0.454 e. The second kappa shape index (κ2) is 54.4. The molecular weight excluding hydrogens is 991 g/mol. The van der Waals surface area contributed by atoms with Gasteiger partial charge < -0.3 is 45.1 Å². The number of aliphatic hydroxyl groups excluding tert-OH is 5. The fourth-order valence-electron chi connectivity index (χ4n) is 8.82. The van der Waals surface area contributed by atoms with Gasteiger partial charge in [0.2, 0.25) is 5.91 Å². The van der Waals surface area contributed by atoms with Gasteiger partial charge in [0.15, 0.2) is 12.4 Å². The Balaban J connectivity index is 2.67. The average Bonchev–Trinajstić information content (AvgIpc) is 3.44. The van der Waals surface area contributed by atoms with Gasteiger partial charge in [-0.05, 0) is 89.9 Å². The molecule has 11 nitrogen and oxygen atoms in total. The molecule has 1 fully saturated rings. The summed E-state index contributed by atoms with van der Waals surface area (Å²) >= 11 is 0. The van der Waals surface area contributed by atoms with Gasteiger partial charge in [-0.25, -0.2) is 0 Å². The maximum Gasteiger partial charge on any atom is 0.306 e.